The zero-order chi connectivity index (χ0) is 15.2. The van der Waals surface area contributed by atoms with Gasteiger partial charge in [-0.15, -0.1) is 0 Å². The number of rotatable bonds is 3. The fourth-order valence-electron chi connectivity index (χ4n) is 1.70. The quantitative estimate of drug-likeness (QED) is 0.879. The van der Waals surface area contributed by atoms with Gasteiger partial charge in [0, 0.05) is 5.56 Å². The Morgan fingerprint density at radius 1 is 1.10 bits per heavy atom. The smallest absolute Gasteiger partial charge is 0.138 e. The summed E-state index contributed by atoms with van der Waals surface area (Å²) in [6, 6.07) is 7.98. The Bertz CT molecular complexity index is 705. The van der Waals surface area contributed by atoms with Crippen molar-refractivity contribution in [2.45, 2.75) is 6.61 Å². The molecule has 1 N–H and O–H groups in total. The zero-order valence-corrected chi connectivity index (χ0v) is 11.6. The van der Waals surface area contributed by atoms with Crippen LogP contribution in [0, 0.1) is 23.5 Å². The molecule has 2 aromatic rings. The lowest BCUT2D eigenvalue weighted by molar-refractivity contribution is 0.305. The second-order valence-electron chi connectivity index (χ2n) is 4.17. The average molecular weight is 309 g/mol. The number of halogens is 3. The maximum Gasteiger partial charge on any atom is 0.138 e. The normalized spacial score (nSPS) is 9.90. The summed E-state index contributed by atoms with van der Waals surface area (Å²) in [5.74, 6) is 4.46. The van der Waals surface area contributed by atoms with Crippen LogP contribution in [0.2, 0.25) is 5.02 Å². The summed E-state index contributed by atoms with van der Waals surface area (Å²) in [5, 5.41) is 8.78. The molecule has 0 aromatic heterocycles. The summed E-state index contributed by atoms with van der Waals surface area (Å²) in [6.07, 6.45) is 0. The van der Waals surface area contributed by atoms with E-state index in [-0.39, 0.29) is 18.2 Å². The topological polar surface area (TPSA) is 29.5 Å². The molecular weight excluding hydrogens is 298 g/mol. The predicted molar refractivity (Wildman–Crippen MR) is 76.1 cm³/mol. The molecule has 21 heavy (non-hydrogen) atoms. The highest BCUT2D eigenvalue weighted by atomic mass is 35.5. The van der Waals surface area contributed by atoms with Crippen LogP contribution in [0.4, 0.5) is 8.78 Å². The molecule has 0 aliphatic carbocycles. The second kappa shape index (κ2) is 7.07. The molecule has 2 rings (SSSR count). The monoisotopic (exact) mass is 308 g/mol. The molecule has 0 spiro atoms. The van der Waals surface area contributed by atoms with Gasteiger partial charge in [-0.2, -0.15) is 0 Å². The number of hydrogen-bond acceptors (Lipinski definition) is 2. The molecule has 0 heterocycles. The summed E-state index contributed by atoms with van der Waals surface area (Å²) in [4.78, 5) is 0. The SMILES string of the molecule is OCC#Cc1cc(F)cc(COc2ccc(F)cc2Cl)c1. The Morgan fingerprint density at radius 3 is 2.62 bits per heavy atom. The Hall–Kier alpha value is -2.09. The van der Waals surface area contributed by atoms with E-state index in [1.165, 1.54) is 24.3 Å². The van der Waals surface area contributed by atoms with E-state index in [0.717, 1.165) is 6.07 Å². The van der Waals surface area contributed by atoms with Crippen LogP contribution >= 0.6 is 11.6 Å². The van der Waals surface area contributed by atoms with Crippen LogP contribution in [0.3, 0.4) is 0 Å². The lowest BCUT2D eigenvalue weighted by atomic mass is 10.1. The number of ether oxygens (including phenoxy) is 1. The Kier molecular flexibility index (Phi) is 5.15. The van der Waals surface area contributed by atoms with Gasteiger partial charge in [0.05, 0.1) is 5.02 Å². The van der Waals surface area contributed by atoms with Gasteiger partial charge >= 0.3 is 0 Å². The van der Waals surface area contributed by atoms with Crippen molar-refractivity contribution in [1.82, 2.24) is 0 Å². The number of aliphatic hydroxyl groups is 1. The van der Waals surface area contributed by atoms with Crippen molar-refractivity contribution in [3.05, 3.63) is 64.2 Å². The standard InChI is InChI=1S/C16H11ClF2O2/c17-15-9-13(18)3-4-16(15)21-10-12-6-11(2-1-5-20)7-14(19)8-12/h3-4,6-9,20H,5,10H2. The third kappa shape index (κ3) is 4.45. The number of aliphatic hydroxyl groups excluding tert-OH is 1. The average Bonchev–Trinajstić information content (AvgIpc) is 2.43. The minimum absolute atomic E-state index is 0.0664. The van der Waals surface area contributed by atoms with Gasteiger partial charge in [-0.3, -0.25) is 0 Å². The van der Waals surface area contributed by atoms with Gasteiger partial charge in [-0.1, -0.05) is 23.4 Å². The van der Waals surface area contributed by atoms with Crippen LogP contribution in [-0.4, -0.2) is 11.7 Å². The van der Waals surface area contributed by atoms with Gasteiger partial charge in [0.2, 0.25) is 0 Å². The molecule has 0 radical (unpaired) electrons. The fourth-order valence-corrected chi connectivity index (χ4v) is 1.92. The summed E-state index contributed by atoms with van der Waals surface area (Å²) in [5.41, 5.74) is 0.991. The van der Waals surface area contributed by atoms with E-state index in [1.54, 1.807) is 6.07 Å². The van der Waals surface area contributed by atoms with Gasteiger partial charge in [0.15, 0.2) is 0 Å². The first kappa shape index (κ1) is 15.3. The largest absolute Gasteiger partial charge is 0.487 e. The molecule has 0 atom stereocenters. The van der Waals surface area contributed by atoms with Crippen molar-refractivity contribution in [3.8, 4) is 17.6 Å². The number of hydrogen-bond donors (Lipinski definition) is 1. The van der Waals surface area contributed by atoms with Gasteiger partial charge < -0.3 is 9.84 Å². The van der Waals surface area contributed by atoms with E-state index in [0.29, 0.717) is 16.9 Å². The Labute approximate surface area is 125 Å². The molecule has 0 bridgehead atoms. The van der Waals surface area contributed by atoms with E-state index < -0.39 is 11.6 Å². The van der Waals surface area contributed by atoms with Crippen molar-refractivity contribution >= 4 is 11.6 Å². The van der Waals surface area contributed by atoms with E-state index >= 15 is 0 Å². The van der Waals surface area contributed by atoms with Crippen molar-refractivity contribution in [2.75, 3.05) is 6.61 Å². The number of benzene rings is 2. The molecule has 0 aliphatic rings. The minimum Gasteiger partial charge on any atom is -0.487 e. The third-order valence-corrected chi connectivity index (χ3v) is 2.85. The van der Waals surface area contributed by atoms with Crippen LogP contribution in [0.15, 0.2) is 36.4 Å². The van der Waals surface area contributed by atoms with E-state index in [1.807, 2.05) is 0 Å². The van der Waals surface area contributed by atoms with Crippen LogP contribution in [0.25, 0.3) is 0 Å². The maximum absolute atomic E-state index is 13.5. The lowest BCUT2D eigenvalue weighted by Crippen LogP contribution is -1.98. The summed E-state index contributed by atoms with van der Waals surface area (Å²) in [7, 11) is 0. The molecule has 0 unspecified atom stereocenters. The molecule has 0 saturated carbocycles. The molecule has 0 saturated heterocycles. The second-order valence-corrected chi connectivity index (χ2v) is 4.58. The highest BCUT2D eigenvalue weighted by molar-refractivity contribution is 6.32. The highest BCUT2D eigenvalue weighted by Gasteiger charge is 2.05. The minimum atomic E-state index is -0.459. The molecule has 2 aromatic carbocycles. The van der Waals surface area contributed by atoms with Crippen LogP contribution < -0.4 is 4.74 Å². The van der Waals surface area contributed by atoms with Gasteiger partial charge in [-0.05, 0) is 42.0 Å². The van der Waals surface area contributed by atoms with Gasteiger partial charge in [-0.25, -0.2) is 8.78 Å². The van der Waals surface area contributed by atoms with Crippen molar-refractivity contribution in [1.29, 1.82) is 0 Å². The molecule has 0 fully saturated rings. The van der Waals surface area contributed by atoms with Crippen molar-refractivity contribution in [3.63, 3.8) is 0 Å². The predicted octanol–water partition coefficient (Wildman–Crippen LogP) is 3.54. The summed E-state index contributed by atoms with van der Waals surface area (Å²) in [6.45, 7) is -0.232. The van der Waals surface area contributed by atoms with Crippen LogP contribution in [0.5, 0.6) is 5.75 Å². The van der Waals surface area contributed by atoms with Crippen LogP contribution in [-0.2, 0) is 6.61 Å². The van der Waals surface area contributed by atoms with Crippen LogP contribution in [0.1, 0.15) is 11.1 Å². The van der Waals surface area contributed by atoms with E-state index in [4.69, 9.17) is 21.4 Å². The molecule has 2 nitrogen and oxygen atoms in total. The summed E-state index contributed by atoms with van der Waals surface area (Å²) < 4.78 is 31.8. The summed E-state index contributed by atoms with van der Waals surface area (Å²) >= 11 is 5.84. The molecule has 108 valence electrons. The van der Waals surface area contributed by atoms with E-state index in [9.17, 15) is 8.78 Å². The Morgan fingerprint density at radius 2 is 1.90 bits per heavy atom. The Balaban J connectivity index is 2.14. The maximum atomic E-state index is 13.5. The van der Waals surface area contributed by atoms with Crippen molar-refractivity contribution < 1.29 is 18.6 Å². The van der Waals surface area contributed by atoms with Gasteiger partial charge in [0.25, 0.3) is 0 Å². The molecule has 0 aliphatic heterocycles. The molecular formula is C16H11ClF2O2. The fraction of sp³-hybridized carbons (Fsp3) is 0.125. The van der Waals surface area contributed by atoms with Crippen molar-refractivity contribution in [2.24, 2.45) is 0 Å². The highest BCUT2D eigenvalue weighted by Crippen LogP contribution is 2.25. The zero-order valence-electron chi connectivity index (χ0n) is 10.9. The van der Waals surface area contributed by atoms with E-state index in [2.05, 4.69) is 11.8 Å². The molecule has 0 amide bonds. The first-order valence-corrected chi connectivity index (χ1v) is 6.43. The first-order chi connectivity index (χ1) is 10.1. The molecule has 5 heteroatoms. The van der Waals surface area contributed by atoms with Gasteiger partial charge in [0.1, 0.15) is 30.6 Å². The lowest BCUT2D eigenvalue weighted by Gasteiger charge is -2.08. The first-order valence-electron chi connectivity index (χ1n) is 6.05. The third-order valence-electron chi connectivity index (χ3n) is 2.56.